The molecule has 9 nitrogen and oxygen atoms in total. The van der Waals surface area contributed by atoms with Crippen LogP contribution in [0, 0.1) is 28.9 Å². The number of aryl methyl sites for hydroxylation is 1. The Morgan fingerprint density at radius 3 is 2.15 bits per heavy atom. The van der Waals surface area contributed by atoms with Crippen molar-refractivity contribution in [3.05, 3.63) is 87.5 Å². The number of allylic oxidation sites excluding steroid dienone is 2. The van der Waals surface area contributed by atoms with Crippen molar-refractivity contribution in [3.63, 3.8) is 0 Å². The third kappa shape index (κ3) is 4.05. The van der Waals surface area contributed by atoms with Gasteiger partial charge in [-0.15, -0.1) is 0 Å². The van der Waals surface area contributed by atoms with Crippen LogP contribution in [-0.2, 0) is 9.59 Å². The van der Waals surface area contributed by atoms with E-state index in [1.807, 2.05) is 19.1 Å². The summed E-state index contributed by atoms with van der Waals surface area (Å²) in [7, 11) is 0. The Bertz CT molecular complexity index is 1160. The van der Waals surface area contributed by atoms with Gasteiger partial charge in [0.15, 0.2) is 5.78 Å². The highest BCUT2D eigenvalue weighted by Crippen LogP contribution is 2.36. The number of nitro groups is 1. The zero-order chi connectivity index (χ0) is 23.7. The van der Waals surface area contributed by atoms with Crippen molar-refractivity contribution in [1.82, 2.24) is 10.0 Å². The molecule has 0 aromatic heterocycles. The summed E-state index contributed by atoms with van der Waals surface area (Å²) < 4.78 is 0. The molecule has 4 rings (SSSR count). The van der Waals surface area contributed by atoms with E-state index >= 15 is 0 Å². The first kappa shape index (κ1) is 22.1. The van der Waals surface area contributed by atoms with Crippen LogP contribution in [0.2, 0.25) is 0 Å². The van der Waals surface area contributed by atoms with E-state index in [1.54, 1.807) is 24.3 Å². The monoisotopic (exact) mass is 447 g/mol. The molecule has 0 spiro atoms. The summed E-state index contributed by atoms with van der Waals surface area (Å²) in [6.07, 6.45) is 4.32. The number of nitrogens with zero attached hydrogens (tertiary/aromatic N) is 3. The SMILES string of the molecule is Cc1ccc(C(=O)CN(C(=O)c2ccccc2[N+](=O)[O-])N2C(=O)[C@@H]3CC=CC[C@H]3C2=O)cc1. The van der Waals surface area contributed by atoms with E-state index in [0.717, 1.165) is 16.6 Å². The zero-order valence-corrected chi connectivity index (χ0v) is 17.8. The highest BCUT2D eigenvalue weighted by molar-refractivity contribution is 6.10. The van der Waals surface area contributed by atoms with Gasteiger partial charge >= 0.3 is 0 Å². The summed E-state index contributed by atoms with van der Waals surface area (Å²) in [5.41, 5.74) is 0.432. The van der Waals surface area contributed by atoms with E-state index in [-0.39, 0.29) is 5.56 Å². The number of nitro benzene ring substituents is 1. The van der Waals surface area contributed by atoms with Crippen molar-refractivity contribution in [1.29, 1.82) is 0 Å². The Kier molecular flexibility index (Phi) is 5.87. The van der Waals surface area contributed by atoms with Crippen molar-refractivity contribution in [2.75, 3.05) is 6.54 Å². The molecule has 168 valence electrons. The highest BCUT2D eigenvalue weighted by Gasteiger charge is 2.51. The molecule has 2 atom stereocenters. The summed E-state index contributed by atoms with van der Waals surface area (Å²) in [5, 5.41) is 13.0. The number of rotatable bonds is 6. The molecule has 0 saturated carbocycles. The number of hydrogen-bond donors (Lipinski definition) is 0. The molecular formula is C24H21N3O6. The van der Waals surface area contributed by atoms with Crippen molar-refractivity contribution in [2.45, 2.75) is 19.8 Å². The van der Waals surface area contributed by atoms with Crippen LogP contribution >= 0.6 is 0 Å². The Balaban J connectivity index is 1.74. The molecule has 1 saturated heterocycles. The number of carbonyl (C=O) groups excluding carboxylic acids is 4. The quantitative estimate of drug-likeness (QED) is 0.221. The van der Waals surface area contributed by atoms with Gasteiger partial charge in [0.25, 0.3) is 23.4 Å². The lowest BCUT2D eigenvalue weighted by atomic mass is 9.85. The van der Waals surface area contributed by atoms with Gasteiger partial charge in [-0.3, -0.25) is 29.3 Å². The summed E-state index contributed by atoms with van der Waals surface area (Å²) in [6.45, 7) is 1.24. The maximum Gasteiger partial charge on any atom is 0.282 e. The van der Waals surface area contributed by atoms with Gasteiger partial charge in [-0.05, 0) is 25.8 Å². The van der Waals surface area contributed by atoms with Gasteiger partial charge in [0.1, 0.15) is 12.1 Å². The molecule has 1 aliphatic heterocycles. The fourth-order valence-electron chi connectivity index (χ4n) is 4.17. The number of hydrazine groups is 1. The molecule has 3 amide bonds. The summed E-state index contributed by atoms with van der Waals surface area (Å²) in [5.74, 6) is -3.89. The van der Waals surface area contributed by atoms with Crippen molar-refractivity contribution >= 4 is 29.2 Å². The highest BCUT2D eigenvalue weighted by atomic mass is 16.6. The van der Waals surface area contributed by atoms with E-state index in [2.05, 4.69) is 0 Å². The molecule has 1 fully saturated rings. The van der Waals surface area contributed by atoms with Crippen LogP contribution < -0.4 is 0 Å². The van der Waals surface area contributed by atoms with Gasteiger partial charge in [-0.2, -0.15) is 5.01 Å². The fourth-order valence-corrected chi connectivity index (χ4v) is 4.17. The number of carbonyl (C=O) groups is 4. The second-order valence-electron chi connectivity index (χ2n) is 8.07. The molecule has 2 aromatic rings. The molecule has 33 heavy (non-hydrogen) atoms. The maximum absolute atomic E-state index is 13.5. The normalized spacial score (nSPS) is 19.4. The van der Waals surface area contributed by atoms with Gasteiger partial charge in [-0.25, -0.2) is 5.01 Å². The van der Waals surface area contributed by atoms with E-state index in [1.165, 1.54) is 18.2 Å². The summed E-state index contributed by atoms with van der Waals surface area (Å²) in [6, 6.07) is 11.9. The van der Waals surface area contributed by atoms with E-state index in [0.29, 0.717) is 23.4 Å². The van der Waals surface area contributed by atoms with Gasteiger partial charge in [0, 0.05) is 11.6 Å². The molecule has 1 aliphatic carbocycles. The van der Waals surface area contributed by atoms with Crippen LogP contribution in [0.5, 0.6) is 0 Å². The van der Waals surface area contributed by atoms with Crippen molar-refractivity contribution in [3.8, 4) is 0 Å². The minimum Gasteiger partial charge on any atom is -0.292 e. The number of benzene rings is 2. The van der Waals surface area contributed by atoms with Crippen LogP contribution in [0.4, 0.5) is 5.69 Å². The molecule has 0 bridgehead atoms. The standard InChI is InChI=1S/C24H21N3O6/c1-15-10-12-16(13-11-15)21(28)14-25(22(29)19-8-4-5-9-20(19)27(32)33)26-23(30)17-6-2-3-7-18(17)24(26)31/h2-5,8-13,17-18H,6-7,14H2,1H3/t17-,18-/m1/s1. The number of Topliss-reactive ketones (excluding diaryl/α,β-unsaturated/α-hetero) is 1. The Labute approximate surface area is 189 Å². The zero-order valence-electron chi connectivity index (χ0n) is 17.8. The lowest BCUT2D eigenvalue weighted by molar-refractivity contribution is -0.385. The van der Waals surface area contributed by atoms with Crippen molar-refractivity contribution < 1.29 is 24.1 Å². The molecule has 2 aromatic carbocycles. The first-order valence-electron chi connectivity index (χ1n) is 10.5. The molecule has 1 heterocycles. The lowest BCUT2D eigenvalue weighted by Gasteiger charge is -2.30. The second kappa shape index (κ2) is 8.78. The number of amides is 3. The fraction of sp³-hybridized carbons (Fsp3) is 0.250. The molecule has 0 radical (unpaired) electrons. The first-order chi connectivity index (χ1) is 15.8. The van der Waals surface area contributed by atoms with Gasteiger partial charge in [-0.1, -0.05) is 54.1 Å². The molecule has 9 heteroatoms. The number of fused-ring (bicyclic) bond motifs is 1. The topological polar surface area (TPSA) is 118 Å². The largest absolute Gasteiger partial charge is 0.292 e. The van der Waals surface area contributed by atoms with Gasteiger partial charge < -0.3 is 0 Å². The summed E-state index contributed by atoms with van der Waals surface area (Å²) >= 11 is 0. The van der Waals surface area contributed by atoms with Crippen molar-refractivity contribution in [2.24, 2.45) is 11.8 Å². The Hall–Kier alpha value is -4.14. The van der Waals surface area contributed by atoms with Gasteiger partial charge in [0.05, 0.1) is 16.8 Å². The van der Waals surface area contributed by atoms with E-state index < -0.39 is 52.5 Å². The Morgan fingerprint density at radius 2 is 1.58 bits per heavy atom. The van der Waals surface area contributed by atoms with E-state index in [4.69, 9.17) is 0 Å². The summed E-state index contributed by atoms with van der Waals surface area (Å²) in [4.78, 5) is 63.6. The minimum atomic E-state index is -0.962. The van der Waals surface area contributed by atoms with E-state index in [9.17, 15) is 29.3 Å². The first-order valence-corrected chi connectivity index (χ1v) is 10.5. The van der Waals surface area contributed by atoms with Gasteiger partial charge in [0.2, 0.25) is 0 Å². The number of ketones is 1. The van der Waals surface area contributed by atoms with Crippen LogP contribution in [0.3, 0.4) is 0 Å². The predicted molar refractivity (Wildman–Crippen MR) is 117 cm³/mol. The smallest absolute Gasteiger partial charge is 0.282 e. The Morgan fingerprint density at radius 1 is 1.00 bits per heavy atom. The number of imide groups is 1. The van der Waals surface area contributed by atoms with Crippen LogP contribution in [0.1, 0.15) is 39.1 Å². The average molecular weight is 447 g/mol. The van der Waals surface area contributed by atoms with Crippen LogP contribution in [0.25, 0.3) is 0 Å². The third-order valence-corrected chi connectivity index (χ3v) is 5.96. The maximum atomic E-state index is 13.5. The average Bonchev–Trinajstić information content (AvgIpc) is 3.07. The lowest BCUT2D eigenvalue weighted by Crippen LogP contribution is -2.52. The second-order valence-corrected chi connectivity index (χ2v) is 8.07. The molecule has 0 unspecified atom stereocenters. The molecular weight excluding hydrogens is 426 g/mol. The predicted octanol–water partition coefficient (Wildman–Crippen LogP) is 3.09. The van der Waals surface area contributed by atoms with Crippen LogP contribution in [-0.4, -0.2) is 45.0 Å². The third-order valence-electron chi connectivity index (χ3n) is 5.96. The number of para-hydroxylation sites is 1. The molecule has 2 aliphatic rings. The van der Waals surface area contributed by atoms with Crippen LogP contribution in [0.15, 0.2) is 60.7 Å². The molecule has 0 N–H and O–H groups in total. The number of hydrogen-bond acceptors (Lipinski definition) is 6. The minimum absolute atomic E-state index is 0.291.